The van der Waals surface area contributed by atoms with Gasteiger partial charge in [-0.1, -0.05) is 30.3 Å². The van der Waals surface area contributed by atoms with Crippen LogP contribution in [0.15, 0.2) is 56.8 Å². The van der Waals surface area contributed by atoms with Gasteiger partial charge in [0.05, 0.1) is 16.5 Å². The van der Waals surface area contributed by atoms with Crippen molar-refractivity contribution in [3.63, 3.8) is 0 Å². The first-order valence-electron chi connectivity index (χ1n) is 13.3. The summed E-state index contributed by atoms with van der Waals surface area (Å²) in [6, 6.07) is 10.3. The van der Waals surface area contributed by atoms with Crippen LogP contribution < -0.4 is 17.0 Å². The first-order valence-corrected chi connectivity index (χ1v) is 14.1. The molecule has 4 aromatic rings. The summed E-state index contributed by atoms with van der Waals surface area (Å²) in [6.45, 7) is 4.85. The number of aromatic nitrogens is 3. The van der Waals surface area contributed by atoms with E-state index < -0.39 is 22.8 Å². The molecule has 1 aromatic carbocycles. The van der Waals surface area contributed by atoms with Crippen LogP contribution in [-0.2, 0) is 16.9 Å². The lowest BCUT2D eigenvalue weighted by Gasteiger charge is -2.30. The number of fused-ring (bicyclic) bond motifs is 1. The number of carboxylic acid groups (broad SMARTS) is 1. The third kappa shape index (κ3) is 4.98. The molecule has 0 unspecified atom stereocenters. The number of hydrogen-bond donors (Lipinski definition) is 2. The maximum atomic E-state index is 14.1. The molecule has 1 atom stereocenters. The van der Waals surface area contributed by atoms with Gasteiger partial charge in [-0.25, -0.2) is 19.1 Å². The topological polar surface area (TPSA) is 133 Å². The van der Waals surface area contributed by atoms with Gasteiger partial charge in [0, 0.05) is 18.5 Å². The lowest BCUT2D eigenvalue weighted by atomic mass is 9.79. The Kier molecular flexibility index (Phi) is 7.35. The Labute approximate surface area is 229 Å². The molecule has 3 N–H and O–H groups in total. The Bertz CT molecular complexity index is 1590. The van der Waals surface area contributed by atoms with Gasteiger partial charge in [0.15, 0.2) is 0 Å². The van der Waals surface area contributed by atoms with E-state index in [0.29, 0.717) is 39.0 Å². The summed E-state index contributed by atoms with van der Waals surface area (Å²) in [6.07, 6.45) is 7.89. The molecule has 9 nitrogen and oxygen atoms in total. The molecule has 10 heteroatoms. The standard InChI is InChI=1S/C29H34N4O5S/c1-17-22-25(34)33(29(2,3)27(35)36)28(37)32(26(22)39-23(17)24-31-13-14-38-24)16-20(19-7-5-4-6-8-19)15-18-9-11-21(30)12-10-18/h4-8,13-14,18,20-21H,9-12,15-16,30H2,1-3H3,(H,35,36)/t18-,20-,21+/m0/s1. The van der Waals surface area contributed by atoms with Gasteiger partial charge in [-0.2, -0.15) is 0 Å². The van der Waals surface area contributed by atoms with Gasteiger partial charge in [-0.15, -0.1) is 11.3 Å². The second kappa shape index (κ2) is 10.6. The zero-order chi connectivity index (χ0) is 27.9. The Balaban J connectivity index is 1.71. The van der Waals surface area contributed by atoms with E-state index in [1.807, 2.05) is 18.2 Å². The number of aliphatic carboxylic acids is 1. The molecule has 0 aliphatic heterocycles. The van der Waals surface area contributed by atoms with Crippen molar-refractivity contribution in [2.45, 2.75) is 76.9 Å². The van der Waals surface area contributed by atoms with Crippen molar-refractivity contribution in [3.05, 3.63) is 74.8 Å². The summed E-state index contributed by atoms with van der Waals surface area (Å²) in [4.78, 5) is 45.5. The SMILES string of the molecule is Cc1c(-c2ncco2)sc2c1c(=O)n(C(C)(C)C(=O)O)c(=O)n2C[C@H](C[C@H]1CC[C@@H](N)CC1)c1ccccc1. The van der Waals surface area contributed by atoms with Crippen molar-refractivity contribution in [2.24, 2.45) is 11.7 Å². The largest absolute Gasteiger partial charge is 0.480 e. The average Bonchev–Trinajstić information content (AvgIpc) is 3.55. The summed E-state index contributed by atoms with van der Waals surface area (Å²) >= 11 is 1.28. The maximum Gasteiger partial charge on any atom is 0.333 e. The predicted molar refractivity (Wildman–Crippen MR) is 151 cm³/mol. The van der Waals surface area contributed by atoms with E-state index in [9.17, 15) is 19.5 Å². The van der Waals surface area contributed by atoms with Crippen LogP contribution in [0.5, 0.6) is 0 Å². The normalized spacial score (nSPS) is 18.9. The van der Waals surface area contributed by atoms with Crippen LogP contribution in [0.1, 0.15) is 63.0 Å². The molecule has 0 amide bonds. The maximum absolute atomic E-state index is 14.1. The summed E-state index contributed by atoms with van der Waals surface area (Å²) < 4.78 is 8.02. The molecule has 0 saturated heterocycles. The number of nitrogens with two attached hydrogens (primary N) is 1. The van der Waals surface area contributed by atoms with E-state index in [0.717, 1.165) is 42.2 Å². The number of carboxylic acids is 1. The van der Waals surface area contributed by atoms with Crippen LogP contribution in [0.2, 0.25) is 0 Å². The van der Waals surface area contributed by atoms with Crippen LogP contribution in [0.3, 0.4) is 0 Å². The summed E-state index contributed by atoms with van der Waals surface area (Å²) in [7, 11) is 0. The minimum atomic E-state index is -1.75. The molecular formula is C29H34N4O5S. The van der Waals surface area contributed by atoms with Gasteiger partial charge in [0.2, 0.25) is 5.89 Å². The Hall–Kier alpha value is -3.50. The van der Waals surface area contributed by atoms with Crippen LogP contribution in [0.25, 0.3) is 21.0 Å². The molecule has 0 spiro atoms. The highest BCUT2D eigenvalue weighted by molar-refractivity contribution is 7.22. The molecule has 5 rings (SSSR count). The smallest absolute Gasteiger partial charge is 0.333 e. The molecule has 206 valence electrons. The zero-order valence-electron chi connectivity index (χ0n) is 22.4. The van der Waals surface area contributed by atoms with Crippen molar-refractivity contribution < 1.29 is 14.3 Å². The first kappa shape index (κ1) is 27.1. The Morgan fingerprint density at radius 1 is 1.21 bits per heavy atom. The lowest BCUT2D eigenvalue weighted by molar-refractivity contribution is -0.146. The predicted octanol–water partition coefficient (Wildman–Crippen LogP) is 4.70. The van der Waals surface area contributed by atoms with Gasteiger partial charge in [-0.05, 0) is 69.9 Å². The lowest BCUT2D eigenvalue weighted by Crippen LogP contribution is -2.52. The minimum Gasteiger partial charge on any atom is -0.480 e. The van der Waals surface area contributed by atoms with Gasteiger partial charge in [-0.3, -0.25) is 9.36 Å². The summed E-state index contributed by atoms with van der Waals surface area (Å²) in [5.74, 6) is -0.450. The highest BCUT2D eigenvalue weighted by atomic mass is 32.1. The van der Waals surface area contributed by atoms with E-state index in [-0.39, 0.29) is 12.0 Å². The molecule has 39 heavy (non-hydrogen) atoms. The molecule has 1 saturated carbocycles. The van der Waals surface area contributed by atoms with E-state index in [4.69, 9.17) is 10.2 Å². The molecule has 0 radical (unpaired) electrons. The molecule has 1 fully saturated rings. The van der Waals surface area contributed by atoms with Gasteiger partial charge in [0.25, 0.3) is 5.56 Å². The third-order valence-corrected chi connectivity index (χ3v) is 9.41. The second-order valence-corrected chi connectivity index (χ2v) is 12.1. The van der Waals surface area contributed by atoms with E-state index in [1.54, 1.807) is 11.5 Å². The number of hydrogen-bond acceptors (Lipinski definition) is 7. The highest BCUT2D eigenvalue weighted by Crippen LogP contribution is 2.38. The van der Waals surface area contributed by atoms with E-state index in [2.05, 4.69) is 17.1 Å². The molecule has 3 aromatic heterocycles. The molecule has 1 aliphatic rings. The van der Waals surface area contributed by atoms with E-state index >= 15 is 0 Å². The molecular weight excluding hydrogens is 516 g/mol. The van der Waals surface area contributed by atoms with Crippen molar-refractivity contribution in [1.82, 2.24) is 14.1 Å². The highest BCUT2D eigenvalue weighted by Gasteiger charge is 2.36. The van der Waals surface area contributed by atoms with Crippen LogP contribution in [-0.4, -0.2) is 31.2 Å². The van der Waals surface area contributed by atoms with Gasteiger partial charge < -0.3 is 15.3 Å². The Morgan fingerprint density at radius 3 is 2.51 bits per heavy atom. The number of oxazole rings is 1. The van der Waals surface area contributed by atoms with Crippen LogP contribution in [0, 0.1) is 12.8 Å². The van der Waals surface area contributed by atoms with Gasteiger partial charge in [0.1, 0.15) is 16.6 Å². The fourth-order valence-corrected chi connectivity index (χ4v) is 6.97. The number of rotatable bonds is 8. The third-order valence-electron chi connectivity index (χ3n) is 8.10. The minimum absolute atomic E-state index is 0.0158. The monoisotopic (exact) mass is 550 g/mol. The number of carbonyl (C=O) groups is 1. The first-order chi connectivity index (χ1) is 18.6. The fraction of sp³-hybridized carbons (Fsp3) is 0.448. The summed E-state index contributed by atoms with van der Waals surface area (Å²) in [5, 5.41) is 10.3. The number of benzene rings is 1. The van der Waals surface area contributed by atoms with Crippen LogP contribution in [0.4, 0.5) is 0 Å². The number of nitrogens with zero attached hydrogens (tertiary/aromatic N) is 3. The molecule has 3 heterocycles. The number of thiophene rings is 1. The number of aryl methyl sites for hydroxylation is 1. The molecule has 1 aliphatic carbocycles. The molecule has 0 bridgehead atoms. The fourth-order valence-electron chi connectivity index (χ4n) is 5.72. The Morgan fingerprint density at radius 2 is 1.90 bits per heavy atom. The quantitative estimate of drug-likeness (QED) is 0.325. The van der Waals surface area contributed by atoms with Crippen molar-refractivity contribution in [3.8, 4) is 10.8 Å². The zero-order valence-corrected chi connectivity index (χ0v) is 23.2. The van der Waals surface area contributed by atoms with Crippen molar-refractivity contribution >= 4 is 27.5 Å². The van der Waals surface area contributed by atoms with Crippen molar-refractivity contribution in [1.29, 1.82) is 0 Å². The summed E-state index contributed by atoms with van der Waals surface area (Å²) in [5.41, 5.74) is 4.87. The van der Waals surface area contributed by atoms with E-state index in [1.165, 1.54) is 37.6 Å². The second-order valence-electron chi connectivity index (χ2n) is 11.1. The average molecular weight is 551 g/mol. The van der Waals surface area contributed by atoms with Gasteiger partial charge >= 0.3 is 11.7 Å². The van der Waals surface area contributed by atoms with Crippen molar-refractivity contribution in [2.75, 3.05) is 0 Å². The van der Waals surface area contributed by atoms with Crippen LogP contribution >= 0.6 is 11.3 Å².